The van der Waals surface area contributed by atoms with Crippen LogP contribution in [0.15, 0.2) is 24.3 Å². The van der Waals surface area contributed by atoms with Gasteiger partial charge >= 0.3 is 6.09 Å². The van der Waals surface area contributed by atoms with Crippen molar-refractivity contribution in [2.75, 3.05) is 19.6 Å². The molecular formula is C18H28N2O4S. The van der Waals surface area contributed by atoms with Gasteiger partial charge in [-0.2, -0.15) is 4.31 Å². The molecule has 1 unspecified atom stereocenters. The van der Waals surface area contributed by atoms with Gasteiger partial charge in [0, 0.05) is 25.7 Å². The molecule has 1 atom stereocenters. The quantitative estimate of drug-likeness (QED) is 0.823. The Morgan fingerprint density at radius 3 is 2.32 bits per heavy atom. The summed E-state index contributed by atoms with van der Waals surface area (Å²) in [5.41, 5.74) is 1.31. The van der Waals surface area contributed by atoms with Gasteiger partial charge in [-0.1, -0.05) is 29.8 Å². The first kappa shape index (κ1) is 19.7. The van der Waals surface area contributed by atoms with E-state index in [4.69, 9.17) is 4.74 Å². The monoisotopic (exact) mass is 368 g/mol. The molecule has 0 aromatic heterocycles. The number of amides is 1. The zero-order valence-electron chi connectivity index (χ0n) is 15.7. The maximum Gasteiger partial charge on any atom is 0.410 e. The van der Waals surface area contributed by atoms with Crippen molar-refractivity contribution in [3.05, 3.63) is 35.4 Å². The van der Waals surface area contributed by atoms with Gasteiger partial charge < -0.3 is 9.64 Å². The number of rotatable bonds is 3. The van der Waals surface area contributed by atoms with Crippen molar-refractivity contribution in [1.82, 2.24) is 9.21 Å². The van der Waals surface area contributed by atoms with Crippen LogP contribution < -0.4 is 0 Å². The zero-order valence-corrected chi connectivity index (χ0v) is 16.5. The Kier molecular flexibility index (Phi) is 5.79. The van der Waals surface area contributed by atoms with E-state index in [9.17, 15) is 13.2 Å². The summed E-state index contributed by atoms with van der Waals surface area (Å²) in [6.45, 7) is 10.2. The Hall–Kier alpha value is -1.60. The molecule has 0 radical (unpaired) electrons. The molecule has 25 heavy (non-hydrogen) atoms. The largest absolute Gasteiger partial charge is 0.444 e. The van der Waals surface area contributed by atoms with Crippen LogP contribution in [0.25, 0.3) is 0 Å². The highest BCUT2D eigenvalue weighted by Gasteiger charge is 2.35. The van der Waals surface area contributed by atoms with Crippen LogP contribution in [0, 0.1) is 6.92 Å². The summed E-state index contributed by atoms with van der Waals surface area (Å²) in [7, 11) is -3.41. The van der Waals surface area contributed by atoms with Gasteiger partial charge in [-0.25, -0.2) is 13.2 Å². The third-order valence-corrected chi connectivity index (χ3v) is 5.90. The van der Waals surface area contributed by atoms with E-state index in [2.05, 4.69) is 0 Å². The minimum Gasteiger partial charge on any atom is -0.444 e. The van der Waals surface area contributed by atoms with Crippen molar-refractivity contribution >= 4 is 16.1 Å². The number of piperazine rings is 1. The summed E-state index contributed by atoms with van der Waals surface area (Å²) in [6, 6.07) is 7.28. The van der Waals surface area contributed by atoms with E-state index in [1.807, 2.05) is 58.9 Å². The number of carbonyl (C=O) groups is 1. The van der Waals surface area contributed by atoms with Crippen LogP contribution in [0.5, 0.6) is 0 Å². The lowest BCUT2D eigenvalue weighted by atomic mass is 10.2. The third-order valence-electron chi connectivity index (χ3n) is 4.08. The number of aryl methyl sites for hydroxylation is 1. The van der Waals surface area contributed by atoms with Crippen molar-refractivity contribution in [2.45, 2.75) is 52.0 Å². The van der Waals surface area contributed by atoms with Gasteiger partial charge in [0.1, 0.15) is 5.60 Å². The molecule has 1 aliphatic heterocycles. The Labute approximate surface area is 150 Å². The topological polar surface area (TPSA) is 66.9 Å². The molecule has 7 heteroatoms. The van der Waals surface area contributed by atoms with E-state index in [0.717, 1.165) is 11.1 Å². The Balaban J connectivity index is 2.01. The average molecular weight is 368 g/mol. The van der Waals surface area contributed by atoms with Crippen LogP contribution in [0.2, 0.25) is 0 Å². The molecule has 0 spiro atoms. The lowest BCUT2D eigenvalue weighted by molar-refractivity contribution is 0.00857. The molecule has 1 aliphatic rings. The molecule has 1 aromatic carbocycles. The number of ether oxygens (including phenoxy) is 1. The molecule has 0 aliphatic carbocycles. The minimum atomic E-state index is -3.41. The molecule has 1 fully saturated rings. The Morgan fingerprint density at radius 2 is 1.80 bits per heavy atom. The van der Waals surface area contributed by atoms with Gasteiger partial charge in [0.25, 0.3) is 0 Å². The van der Waals surface area contributed by atoms with Crippen LogP contribution in [0.3, 0.4) is 0 Å². The van der Waals surface area contributed by atoms with E-state index in [0.29, 0.717) is 6.54 Å². The predicted molar refractivity (Wildman–Crippen MR) is 97.8 cm³/mol. The molecule has 1 amide bonds. The molecule has 1 saturated heterocycles. The third kappa shape index (κ3) is 5.44. The molecule has 1 heterocycles. The number of sulfonamides is 1. The first-order valence-corrected chi connectivity index (χ1v) is 10.1. The van der Waals surface area contributed by atoms with Crippen LogP contribution in [0.4, 0.5) is 4.79 Å². The SMILES string of the molecule is Cc1ccc(CS(=O)(=O)N2CCN(C(=O)OC(C)(C)C)C(C)C2)cc1. The lowest BCUT2D eigenvalue weighted by Crippen LogP contribution is -2.56. The van der Waals surface area contributed by atoms with Crippen molar-refractivity contribution in [3.63, 3.8) is 0 Å². The molecule has 0 bridgehead atoms. The molecule has 6 nitrogen and oxygen atoms in total. The fourth-order valence-corrected chi connectivity index (χ4v) is 4.35. The molecule has 1 aromatic rings. The van der Waals surface area contributed by atoms with Gasteiger partial charge in [-0.15, -0.1) is 0 Å². The van der Waals surface area contributed by atoms with Crippen molar-refractivity contribution in [3.8, 4) is 0 Å². The van der Waals surface area contributed by atoms with E-state index < -0.39 is 21.7 Å². The zero-order chi connectivity index (χ0) is 18.8. The fraction of sp³-hybridized carbons (Fsp3) is 0.611. The highest BCUT2D eigenvalue weighted by atomic mass is 32.2. The highest BCUT2D eigenvalue weighted by molar-refractivity contribution is 7.88. The van der Waals surface area contributed by atoms with Gasteiger partial charge in [0.2, 0.25) is 10.0 Å². The highest BCUT2D eigenvalue weighted by Crippen LogP contribution is 2.19. The summed E-state index contributed by atoms with van der Waals surface area (Å²) in [5, 5.41) is 0. The maximum atomic E-state index is 12.7. The normalized spacial score (nSPS) is 19.7. The Morgan fingerprint density at radius 1 is 1.20 bits per heavy atom. The van der Waals surface area contributed by atoms with Gasteiger partial charge in [0.15, 0.2) is 0 Å². The van der Waals surface area contributed by atoms with Gasteiger partial charge in [-0.3, -0.25) is 0 Å². The molecule has 0 N–H and O–H groups in total. The lowest BCUT2D eigenvalue weighted by Gasteiger charge is -2.39. The number of carbonyl (C=O) groups excluding carboxylic acids is 1. The summed E-state index contributed by atoms with van der Waals surface area (Å²) in [5.74, 6) is -0.0214. The number of hydrogen-bond acceptors (Lipinski definition) is 4. The Bertz CT molecular complexity index is 708. The van der Waals surface area contributed by atoms with Gasteiger partial charge in [0.05, 0.1) is 5.75 Å². The van der Waals surface area contributed by atoms with E-state index in [-0.39, 0.29) is 24.9 Å². The molecule has 140 valence electrons. The number of hydrogen-bond donors (Lipinski definition) is 0. The second-order valence-electron chi connectivity index (χ2n) is 7.62. The molecular weight excluding hydrogens is 340 g/mol. The second kappa shape index (κ2) is 7.33. The summed E-state index contributed by atoms with van der Waals surface area (Å²) in [4.78, 5) is 13.8. The van der Waals surface area contributed by atoms with Crippen LogP contribution >= 0.6 is 0 Å². The second-order valence-corrected chi connectivity index (χ2v) is 9.59. The summed E-state index contributed by atoms with van der Waals surface area (Å²) < 4.78 is 32.2. The maximum absolute atomic E-state index is 12.7. The standard InChI is InChI=1S/C18H28N2O4S/c1-14-6-8-16(9-7-14)13-25(22,23)19-10-11-20(15(2)12-19)17(21)24-18(3,4)5/h6-9,15H,10-13H2,1-5H3. The summed E-state index contributed by atoms with van der Waals surface area (Å²) >= 11 is 0. The fourth-order valence-electron chi connectivity index (χ4n) is 2.75. The van der Waals surface area contributed by atoms with E-state index >= 15 is 0 Å². The smallest absolute Gasteiger partial charge is 0.410 e. The first-order chi connectivity index (χ1) is 11.5. The van der Waals surface area contributed by atoms with E-state index in [1.54, 1.807) is 4.90 Å². The molecule has 0 saturated carbocycles. The van der Waals surface area contributed by atoms with Crippen molar-refractivity contribution in [1.29, 1.82) is 0 Å². The number of nitrogens with zero attached hydrogens (tertiary/aromatic N) is 2. The predicted octanol–water partition coefficient (Wildman–Crippen LogP) is 2.77. The van der Waals surface area contributed by atoms with Crippen LogP contribution in [-0.2, 0) is 20.5 Å². The summed E-state index contributed by atoms with van der Waals surface area (Å²) in [6.07, 6.45) is -0.393. The van der Waals surface area contributed by atoms with Crippen molar-refractivity contribution < 1.29 is 17.9 Å². The van der Waals surface area contributed by atoms with E-state index in [1.165, 1.54) is 4.31 Å². The first-order valence-electron chi connectivity index (χ1n) is 8.51. The van der Waals surface area contributed by atoms with Crippen LogP contribution in [0.1, 0.15) is 38.8 Å². The minimum absolute atomic E-state index is 0.0214. The van der Waals surface area contributed by atoms with Gasteiger partial charge in [-0.05, 0) is 40.2 Å². The molecule has 2 rings (SSSR count). The van der Waals surface area contributed by atoms with Crippen molar-refractivity contribution in [2.24, 2.45) is 0 Å². The van der Waals surface area contributed by atoms with Crippen LogP contribution in [-0.4, -0.2) is 55.0 Å². The average Bonchev–Trinajstić information content (AvgIpc) is 2.47. The number of benzene rings is 1.